The van der Waals surface area contributed by atoms with E-state index in [-0.39, 0.29) is 45.3 Å². The zero-order valence-corrected chi connectivity index (χ0v) is 101. The molecule has 0 spiro atoms. The van der Waals surface area contributed by atoms with E-state index in [1.54, 1.807) is 58.8 Å². The number of carbonyl (C=O) groups excluding carboxylic acids is 2. The van der Waals surface area contributed by atoms with Crippen molar-refractivity contribution in [3.63, 3.8) is 0 Å². The van der Waals surface area contributed by atoms with Gasteiger partial charge in [0.25, 0.3) is 0 Å². The third kappa shape index (κ3) is 47.1. The summed E-state index contributed by atoms with van der Waals surface area (Å²) in [4.78, 5) is 54.6. The minimum atomic E-state index is -1.72. The van der Waals surface area contributed by atoms with Gasteiger partial charge in [-0.1, -0.05) is 181 Å². The Morgan fingerprint density at radius 3 is 0.510 bits per heavy atom. The van der Waals surface area contributed by atoms with Crippen LogP contribution in [0, 0.1) is 193 Å². The normalized spacial score (nSPS) is 12.5. The fourth-order valence-electron chi connectivity index (χ4n) is 18.6. The minimum Gasteiger partial charge on any atom is -0.265 e. The topological polar surface area (TPSA) is 130 Å². The molecule has 8 heterocycles. The molecule has 149 heavy (non-hydrogen) atoms. The van der Waals surface area contributed by atoms with Crippen LogP contribution in [-0.4, -0.2) is 117 Å². The van der Waals surface area contributed by atoms with Crippen molar-refractivity contribution in [2.45, 2.75) is 195 Å². The second kappa shape index (κ2) is 70.1. The SMILES string of the molecule is C.C.CC(=O)OC[CH]=[Ru]([Cl])[Cl].CC(=O)OC[CH]=[Ru]([Cl])[Cl].Cc1cc(C)c(N2[CH-]N(c3c(C)cc(C)cc3C)CC2)c(C)c1.Cc1cc(C)c(N2[CH-]N(c3c(C)cc(C)cc3C)CC2)c(C)c1.Cc1cc(C)c(N2[CH-]N(c3c(C)cc(C)cc3C)CC2)c(C)c1.Cc1cc(C)c(N2[CH-]N(c3c(C)cc(C)cc3C)CC2)c(C)c1.ClCCl.[Cl][Ru]([Cl])=[CH]c1ccccc1.c1ccncc1.c1ccncc1.c1ccncc1.c1ccncc1. The van der Waals surface area contributed by atoms with E-state index in [2.05, 4.69) is 359 Å². The number of aryl methyl sites for hydroxylation is 24. The number of ether oxygens (including phenoxy) is 2. The molecule has 4 saturated heterocycles. The fourth-order valence-corrected chi connectivity index (χ4v) is 22.2. The van der Waals surface area contributed by atoms with Crippen molar-refractivity contribution in [1.29, 1.82) is 0 Å². The van der Waals surface area contributed by atoms with E-state index in [4.69, 9.17) is 81.3 Å². The van der Waals surface area contributed by atoms with Crippen LogP contribution in [0.1, 0.15) is 168 Å². The van der Waals surface area contributed by atoms with Gasteiger partial charge in [-0.25, -0.2) is 0 Å². The van der Waals surface area contributed by atoms with Crippen LogP contribution in [0.3, 0.4) is 0 Å². The number of rotatable bonds is 13. The van der Waals surface area contributed by atoms with Crippen LogP contribution in [-0.2, 0) is 59.6 Å². The predicted octanol–water partition coefficient (Wildman–Crippen LogP) is 32.3. The molecular formula is C122H156Cl8N12O4Ru3-4. The van der Waals surface area contributed by atoms with Crippen LogP contribution in [0.4, 0.5) is 45.5 Å². The summed E-state index contributed by atoms with van der Waals surface area (Å²) >= 11 is 4.47. The number of hydrogen-bond donors (Lipinski definition) is 0. The molecule has 0 bridgehead atoms. The average Bonchev–Trinajstić information content (AvgIpc) is 1.66. The summed E-state index contributed by atoms with van der Waals surface area (Å²) in [5, 5.41) is 0.194. The van der Waals surface area contributed by atoms with Gasteiger partial charge in [-0.15, -0.1) is 23.2 Å². The van der Waals surface area contributed by atoms with Gasteiger partial charge in [0.2, 0.25) is 0 Å². The van der Waals surface area contributed by atoms with Gasteiger partial charge in [0, 0.05) is 147 Å². The van der Waals surface area contributed by atoms with Crippen molar-refractivity contribution in [3.8, 4) is 0 Å². The van der Waals surface area contributed by atoms with Crippen LogP contribution >= 0.6 is 81.3 Å². The van der Waals surface area contributed by atoms with Gasteiger partial charge < -0.3 is 39.2 Å². The van der Waals surface area contributed by atoms with E-state index in [1.807, 2.05) is 108 Å². The molecule has 4 fully saturated rings. The maximum absolute atomic E-state index is 10.1. The zero-order valence-electron chi connectivity index (χ0n) is 90.1. The van der Waals surface area contributed by atoms with Crippen molar-refractivity contribution < 1.29 is 59.6 Å². The summed E-state index contributed by atoms with van der Waals surface area (Å²) in [6.45, 7) is 73.4. The summed E-state index contributed by atoms with van der Waals surface area (Å²) < 4.78 is 14.2. The van der Waals surface area contributed by atoms with Gasteiger partial charge in [-0.05, 0) is 304 Å². The number of benzene rings is 9. The van der Waals surface area contributed by atoms with Crippen LogP contribution < -0.4 is 39.2 Å². The number of nitrogens with zero attached hydrogens (tertiary/aromatic N) is 12. The second-order valence-electron chi connectivity index (χ2n) is 36.2. The first-order valence-electron chi connectivity index (χ1n) is 48.4. The van der Waals surface area contributed by atoms with Crippen molar-refractivity contribution >= 4 is 153 Å². The average molecular weight is 2440 g/mol. The molecule has 0 aliphatic carbocycles. The maximum Gasteiger partial charge on any atom is 0.0267 e. The van der Waals surface area contributed by atoms with E-state index in [0.29, 0.717) is 0 Å². The number of aromatic nitrogens is 4. The molecule has 13 aromatic rings. The Balaban J connectivity index is 0.000000353. The first-order valence-corrected chi connectivity index (χ1v) is 65.9. The predicted molar refractivity (Wildman–Crippen MR) is 640 cm³/mol. The standard InChI is InChI=1S/4C21H27N2.C7H6.4C5H5N.2C4H6O2.CH2Cl2.2CH4.6ClH.3Ru/c4*1-14-9-16(3)20(17(4)10-14)22-7-8-23(13-22)21-18(5)11-15(2)12-19(21)6;1-7-5-3-2-4-6-7;4*1-2-4-6-5-3-1;2*1-3-6-4(2)5;2-1-3;;;;;;;;;;;/h4*9-13H,7-8H2,1-6H3;1-6H;4*1-5H;2*1H,3H2,2H3;1H2;2*1H4;6*1H;;;/q4*-1;;;;;;;;;;;;;;;;;3*+2/p-6. The molecular weight excluding hydrogens is 2280 g/mol. The Morgan fingerprint density at radius 2 is 0.403 bits per heavy atom. The Labute approximate surface area is 943 Å². The van der Waals surface area contributed by atoms with Gasteiger partial charge in [0.1, 0.15) is 0 Å². The first kappa shape index (κ1) is 132. The van der Waals surface area contributed by atoms with Crippen LogP contribution in [0.2, 0.25) is 0 Å². The molecule has 4 aliphatic heterocycles. The van der Waals surface area contributed by atoms with E-state index < -0.39 is 40.6 Å². The van der Waals surface area contributed by atoms with Crippen LogP contribution in [0.25, 0.3) is 0 Å². The maximum atomic E-state index is 10.1. The molecule has 0 amide bonds. The monoisotopic (exact) mass is 2440 g/mol. The Kier molecular flexibility index (Phi) is 62.1. The van der Waals surface area contributed by atoms with Gasteiger partial charge in [0.05, 0.1) is 5.34 Å². The molecule has 4 aliphatic rings. The smallest absolute Gasteiger partial charge is 0.0267 e. The Bertz CT molecular complexity index is 5130. The third-order valence-corrected chi connectivity index (χ3v) is 29.1. The van der Waals surface area contributed by atoms with Crippen molar-refractivity contribution in [1.82, 2.24) is 19.9 Å². The Hall–Kier alpha value is -9.28. The Morgan fingerprint density at radius 1 is 0.262 bits per heavy atom. The first-order chi connectivity index (χ1) is 69.9. The fraction of sp³-hybridized carbons (Fsp3) is 0.320. The number of alkyl halides is 2. The van der Waals surface area contributed by atoms with Crippen LogP contribution in [0.5, 0.6) is 0 Å². The molecule has 0 N–H and O–H groups in total. The van der Waals surface area contributed by atoms with E-state index >= 15 is 0 Å². The van der Waals surface area contributed by atoms with Crippen LogP contribution in [0.15, 0.2) is 250 Å². The quantitative estimate of drug-likeness (QED) is 0.0469. The second-order valence-corrected chi connectivity index (χ2v) is 54.6. The third-order valence-electron chi connectivity index (χ3n) is 23.0. The summed E-state index contributed by atoms with van der Waals surface area (Å²) in [5.41, 5.74) is 44.5. The summed E-state index contributed by atoms with van der Waals surface area (Å²) in [7, 11) is 33.0. The molecule has 0 unspecified atom stereocenters. The summed E-state index contributed by atoms with van der Waals surface area (Å²) in [6, 6.07) is 69.2. The molecule has 16 nitrogen and oxygen atoms in total. The molecule has 0 radical (unpaired) electrons. The largest absolute Gasteiger partial charge is 0.265 e. The van der Waals surface area contributed by atoms with E-state index in [1.165, 1.54) is 193 Å². The van der Waals surface area contributed by atoms with Gasteiger partial charge in [-0.2, -0.15) is 26.7 Å². The van der Waals surface area contributed by atoms with E-state index in [9.17, 15) is 9.59 Å². The van der Waals surface area contributed by atoms with Crippen molar-refractivity contribution in [2.75, 3.05) is 110 Å². The molecule has 9 aromatic carbocycles. The van der Waals surface area contributed by atoms with E-state index in [0.717, 1.165) is 57.9 Å². The molecule has 17 rings (SSSR count). The molecule has 0 atom stereocenters. The molecule has 4 aromatic heterocycles. The number of hydrogen-bond acceptors (Lipinski definition) is 16. The summed E-state index contributed by atoms with van der Waals surface area (Å²) in [5.74, 6) is -0.620. The summed E-state index contributed by atoms with van der Waals surface area (Å²) in [6.07, 6.45) is 14.0. The van der Waals surface area contributed by atoms with Gasteiger partial charge in [-0.3, -0.25) is 19.9 Å². The molecule has 27 heteroatoms. The number of anilines is 8. The number of pyridine rings is 4. The number of carbonyl (C=O) groups is 2. The zero-order chi connectivity index (χ0) is 109. The van der Waals surface area contributed by atoms with Gasteiger partial charge >= 0.3 is 206 Å². The number of esters is 2. The molecule has 0 saturated carbocycles. The number of halogens is 8. The minimum absolute atomic E-state index is 0. The molecule has 812 valence electrons. The van der Waals surface area contributed by atoms with Crippen molar-refractivity contribution in [3.05, 3.63) is 416 Å². The van der Waals surface area contributed by atoms with Gasteiger partial charge in [0.15, 0.2) is 0 Å². The van der Waals surface area contributed by atoms with Crippen molar-refractivity contribution in [2.24, 2.45) is 0 Å².